The van der Waals surface area contributed by atoms with E-state index in [1.54, 1.807) is 6.92 Å². The highest BCUT2D eigenvalue weighted by Gasteiger charge is 2.25. The van der Waals surface area contributed by atoms with E-state index in [0.29, 0.717) is 29.2 Å². The summed E-state index contributed by atoms with van der Waals surface area (Å²) < 4.78 is 0.902. The molecule has 4 aromatic rings. The van der Waals surface area contributed by atoms with E-state index in [4.69, 9.17) is 16.6 Å². The Morgan fingerprint density at radius 2 is 1.57 bits per heavy atom. The second-order valence-electron chi connectivity index (χ2n) is 8.61. The summed E-state index contributed by atoms with van der Waals surface area (Å²) >= 11 is 9.60. The molecule has 176 valence electrons. The number of rotatable bonds is 4. The van der Waals surface area contributed by atoms with Crippen molar-refractivity contribution in [3.05, 3.63) is 93.4 Å². The van der Waals surface area contributed by atoms with Gasteiger partial charge in [-0.25, -0.2) is 4.98 Å². The quantitative estimate of drug-likeness (QED) is 0.274. The van der Waals surface area contributed by atoms with Gasteiger partial charge in [0.05, 0.1) is 16.8 Å². The molecule has 0 saturated carbocycles. The smallest absolute Gasteiger partial charge is 0.254 e. The molecular formula is C28H23BrClN3O2. The number of hydrogen-bond donors (Lipinski definition) is 0. The lowest BCUT2D eigenvalue weighted by atomic mass is 10.0. The van der Waals surface area contributed by atoms with Gasteiger partial charge in [0.2, 0.25) is 0 Å². The van der Waals surface area contributed by atoms with Gasteiger partial charge in [-0.15, -0.1) is 0 Å². The van der Waals surface area contributed by atoms with Crippen LogP contribution in [0.15, 0.2) is 77.3 Å². The van der Waals surface area contributed by atoms with E-state index in [9.17, 15) is 9.59 Å². The lowest BCUT2D eigenvalue weighted by Gasteiger charge is -2.36. The minimum Gasteiger partial charge on any atom is -0.368 e. The van der Waals surface area contributed by atoms with E-state index in [-0.39, 0.29) is 11.7 Å². The third kappa shape index (κ3) is 4.95. The highest BCUT2D eigenvalue weighted by molar-refractivity contribution is 9.10. The first-order valence-corrected chi connectivity index (χ1v) is 12.6. The molecule has 5 nitrogen and oxygen atoms in total. The van der Waals surface area contributed by atoms with Crippen LogP contribution in [0.4, 0.5) is 5.69 Å². The van der Waals surface area contributed by atoms with Crippen molar-refractivity contribution in [3.63, 3.8) is 0 Å². The Hall–Kier alpha value is -3.22. The number of carbonyl (C=O) groups excluding carboxylic acids is 2. The minimum absolute atomic E-state index is 0.00251. The van der Waals surface area contributed by atoms with Crippen LogP contribution in [0, 0.1) is 0 Å². The molecule has 1 fully saturated rings. The molecule has 0 radical (unpaired) electrons. The standard InChI is InChI=1S/C28H23BrClN3O2/c1-18(34)19-4-9-23(10-5-19)32-12-14-33(15-13-32)28(35)25-17-27(20-2-7-22(30)8-3-20)31-26-11-6-21(29)16-24(25)26/h2-11,16-17H,12-15H2,1H3. The molecule has 0 spiro atoms. The maximum Gasteiger partial charge on any atom is 0.254 e. The lowest BCUT2D eigenvalue weighted by molar-refractivity contribution is 0.0748. The first-order chi connectivity index (χ1) is 16.9. The number of fused-ring (bicyclic) bond motifs is 1. The Labute approximate surface area is 217 Å². The number of amides is 1. The van der Waals surface area contributed by atoms with E-state index in [0.717, 1.165) is 45.4 Å². The third-order valence-corrected chi connectivity index (χ3v) is 7.09. The molecule has 7 heteroatoms. The molecule has 1 saturated heterocycles. The van der Waals surface area contributed by atoms with E-state index in [1.165, 1.54) is 0 Å². The summed E-state index contributed by atoms with van der Waals surface area (Å²) in [4.78, 5) is 34.2. The molecule has 0 bridgehead atoms. The first kappa shape index (κ1) is 23.5. The van der Waals surface area contributed by atoms with E-state index >= 15 is 0 Å². The van der Waals surface area contributed by atoms with Crippen molar-refractivity contribution in [1.82, 2.24) is 9.88 Å². The van der Waals surface area contributed by atoms with Crippen LogP contribution < -0.4 is 4.90 Å². The average Bonchev–Trinajstić information content (AvgIpc) is 2.88. The summed E-state index contributed by atoms with van der Waals surface area (Å²) in [5, 5.41) is 1.48. The largest absolute Gasteiger partial charge is 0.368 e. The fourth-order valence-corrected chi connectivity index (χ4v) is 4.88. The number of aromatic nitrogens is 1. The predicted octanol–water partition coefficient (Wildman–Crippen LogP) is 6.48. The second-order valence-corrected chi connectivity index (χ2v) is 9.96. The SMILES string of the molecule is CC(=O)c1ccc(N2CCN(C(=O)c3cc(-c4ccc(Cl)cc4)nc4ccc(Br)cc34)CC2)cc1. The summed E-state index contributed by atoms with van der Waals surface area (Å²) in [5.41, 5.74) is 4.82. The third-order valence-electron chi connectivity index (χ3n) is 6.35. The highest BCUT2D eigenvalue weighted by Crippen LogP contribution is 2.29. The van der Waals surface area contributed by atoms with Gasteiger partial charge in [0.25, 0.3) is 5.91 Å². The molecule has 1 aromatic heterocycles. The van der Waals surface area contributed by atoms with Gasteiger partial charge in [-0.2, -0.15) is 0 Å². The van der Waals surface area contributed by atoms with Crippen molar-refractivity contribution in [2.45, 2.75) is 6.92 Å². The molecule has 0 unspecified atom stereocenters. The number of carbonyl (C=O) groups is 2. The van der Waals surface area contributed by atoms with Gasteiger partial charge in [0, 0.05) is 57.9 Å². The molecule has 1 aliphatic heterocycles. The Balaban J connectivity index is 1.41. The summed E-state index contributed by atoms with van der Waals surface area (Å²) in [6.07, 6.45) is 0. The first-order valence-electron chi connectivity index (χ1n) is 11.4. The molecular weight excluding hydrogens is 526 g/mol. The molecule has 0 atom stereocenters. The molecule has 5 rings (SSSR count). The van der Waals surface area contributed by atoms with Gasteiger partial charge >= 0.3 is 0 Å². The van der Waals surface area contributed by atoms with Gasteiger partial charge in [-0.3, -0.25) is 9.59 Å². The number of halogens is 2. The Morgan fingerprint density at radius 1 is 0.886 bits per heavy atom. The van der Waals surface area contributed by atoms with Crippen LogP contribution in [0.2, 0.25) is 5.02 Å². The monoisotopic (exact) mass is 547 g/mol. The number of hydrogen-bond acceptors (Lipinski definition) is 4. The fourth-order valence-electron chi connectivity index (χ4n) is 4.39. The Morgan fingerprint density at radius 3 is 2.23 bits per heavy atom. The summed E-state index contributed by atoms with van der Waals surface area (Å²) in [7, 11) is 0. The molecule has 1 amide bonds. The number of nitrogens with zero attached hydrogens (tertiary/aromatic N) is 3. The fraction of sp³-hybridized carbons (Fsp3) is 0.179. The average molecular weight is 549 g/mol. The summed E-state index contributed by atoms with van der Waals surface area (Å²) in [6.45, 7) is 4.24. The van der Waals surface area contributed by atoms with E-state index in [1.807, 2.05) is 77.7 Å². The van der Waals surface area contributed by atoms with Crippen molar-refractivity contribution >= 4 is 55.8 Å². The van der Waals surface area contributed by atoms with Gasteiger partial charge in [0.1, 0.15) is 0 Å². The molecule has 0 N–H and O–H groups in total. The van der Waals surface area contributed by atoms with Crippen LogP contribution in [0.5, 0.6) is 0 Å². The molecule has 0 aliphatic carbocycles. The zero-order valence-corrected chi connectivity index (χ0v) is 21.5. The van der Waals surface area contributed by atoms with E-state index < -0.39 is 0 Å². The topological polar surface area (TPSA) is 53.5 Å². The van der Waals surface area contributed by atoms with Crippen LogP contribution in [-0.4, -0.2) is 47.8 Å². The van der Waals surface area contributed by atoms with Gasteiger partial charge in [-0.05, 0) is 67.6 Å². The van der Waals surface area contributed by atoms with Crippen LogP contribution in [-0.2, 0) is 0 Å². The van der Waals surface area contributed by atoms with Gasteiger partial charge < -0.3 is 9.80 Å². The van der Waals surface area contributed by atoms with Crippen LogP contribution in [0.25, 0.3) is 22.2 Å². The number of benzene rings is 3. The maximum atomic E-state index is 13.7. The Kier molecular flexibility index (Phi) is 6.58. The van der Waals surface area contributed by atoms with Crippen LogP contribution in [0.1, 0.15) is 27.6 Å². The number of anilines is 1. The van der Waals surface area contributed by atoms with Gasteiger partial charge in [0.15, 0.2) is 5.78 Å². The zero-order chi connectivity index (χ0) is 24.5. The Bertz CT molecular complexity index is 1410. The zero-order valence-electron chi connectivity index (χ0n) is 19.2. The van der Waals surface area contributed by atoms with Crippen LogP contribution in [0.3, 0.4) is 0 Å². The molecule has 2 heterocycles. The number of Topliss-reactive ketones (excluding diaryl/α,β-unsaturated/α-hetero) is 1. The maximum absolute atomic E-state index is 13.7. The molecule has 35 heavy (non-hydrogen) atoms. The number of piperazine rings is 1. The number of ketones is 1. The van der Waals surface area contributed by atoms with Gasteiger partial charge in [-0.1, -0.05) is 39.7 Å². The van der Waals surface area contributed by atoms with Crippen molar-refractivity contribution in [2.75, 3.05) is 31.1 Å². The molecule has 1 aliphatic rings. The normalized spacial score (nSPS) is 13.8. The minimum atomic E-state index is -0.00251. The lowest BCUT2D eigenvalue weighted by Crippen LogP contribution is -2.48. The summed E-state index contributed by atoms with van der Waals surface area (Å²) in [6, 6.07) is 22.8. The van der Waals surface area contributed by atoms with Crippen molar-refractivity contribution in [1.29, 1.82) is 0 Å². The summed E-state index contributed by atoms with van der Waals surface area (Å²) in [5.74, 6) is 0.0541. The van der Waals surface area contributed by atoms with Crippen molar-refractivity contribution in [3.8, 4) is 11.3 Å². The number of pyridine rings is 1. The van der Waals surface area contributed by atoms with Crippen LogP contribution >= 0.6 is 27.5 Å². The molecule has 3 aromatic carbocycles. The predicted molar refractivity (Wildman–Crippen MR) is 144 cm³/mol. The van der Waals surface area contributed by atoms with Crippen molar-refractivity contribution in [2.24, 2.45) is 0 Å². The second kappa shape index (κ2) is 9.80. The van der Waals surface area contributed by atoms with Crippen molar-refractivity contribution < 1.29 is 9.59 Å². The highest BCUT2D eigenvalue weighted by atomic mass is 79.9. The van der Waals surface area contributed by atoms with E-state index in [2.05, 4.69) is 20.8 Å².